The van der Waals surface area contributed by atoms with Gasteiger partial charge in [-0.2, -0.15) is 0 Å². The van der Waals surface area contributed by atoms with Gasteiger partial charge in [0.15, 0.2) is 0 Å². The van der Waals surface area contributed by atoms with Crippen LogP contribution in [0.5, 0.6) is 0 Å². The summed E-state index contributed by atoms with van der Waals surface area (Å²) in [5.74, 6) is 0.645. The smallest absolute Gasteiger partial charge is 0.274 e. The van der Waals surface area contributed by atoms with Crippen molar-refractivity contribution in [1.29, 1.82) is 0 Å². The van der Waals surface area contributed by atoms with E-state index in [0.29, 0.717) is 18.3 Å². The van der Waals surface area contributed by atoms with Crippen molar-refractivity contribution in [2.75, 3.05) is 12.4 Å². The number of nitrogens with one attached hydrogen (secondary N) is 1. The second-order valence-electron chi connectivity index (χ2n) is 6.77. The fraction of sp³-hybridized carbons (Fsp3) is 0.450. The molecule has 0 saturated heterocycles. The number of carbonyl (C=O) groups is 1. The minimum atomic E-state index is -0.114. The second kappa shape index (κ2) is 8.60. The topological polar surface area (TPSA) is 58.1 Å². The molecule has 1 aliphatic carbocycles. The van der Waals surface area contributed by atoms with Gasteiger partial charge in [-0.05, 0) is 18.4 Å². The molecule has 1 aromatic heterocycles. The molecule has 1 aromatic carbocycles. The van der Waals surface area contributed by atoms with Gasteiger partial charge in [0.2, 0.25) is 0 Å². The Bertz CT molecular complexity index is 664. The van der Waals surface area contributed by atoms with Gasteiger partial charge in [-0.3, -0.25) is 4.79 Å². The van der Waals surface area contributed by atoms with Gasteiger partial charge in [-0.25, -0.2) is 9.97 Å². The Labute approximate surface area is 149 Å². The van der Waals surface area contributed by atoms with E-state index in [2.05, 4.69) is 15.3 Å². The SMILES string of the molecule is CN(Cc1ccccc1)C(=O)c1cnc(NC2CCCCCC2)cn1. The van der Waals surface area contributed by atoms with E-state index in [1.807, 2.05) is 30.3 Å². The van der Waals surface area contributed by atoms with Gasteiger partial charge < -0.3 is 10.2 Å². The number of hydrogen-bond acceptors (Lipinski definition) is 4. The first kappa shape index (κ1) is 17.4. The summed E-state index contributed by atoms with van der Waals surface area (Å²) in [5, 5.41) is 3.46. The molecule has 5 heteroatoms. The number of anilines is 1. The molecule has 1 N–H and O–H groups in total. The van der Waals surface area contributed by atoms with E-state index >= 15 is 0 Å². The van der Waals surface area contributed by atoms with Crippen molar-refractivity contribution >= 4 is 11.7 Å². The van der Waals surface area contributed by atoms with E-state index in [0.717, 1.165) is 11.4 Å². The number of hydrogen-bond donors (Lipinski definition) is 1. The fourth-order valence-corrected chi connectivity index (χ4v) is 3.27. The molecule has 0 radical (unpaired) electrons. The lowest BCUT2D eigenvalue weighted by molar-refractivity contribution is 0.0779. The molecule has 5 nitrogen and oxygen atoms in total. The zero-order valence-corrected chi connectivity index (χ0v) is 14.8. The highest BCUT2D eigenvalue weighted by Gasteiger charge is 2.16. The standard InChI is InChI=1S/C20H26N4O/c1-24(15-16-9-5-4-6-10-16)20(25)18-13-22-19(14-21-18)23-17-11-7-2-3-8-12-17/h4-6,9-10,13-14,17H,2-3,7-8,11-12,15H2,1H3,(H,22,23). The van der Waals surface area contributed by atoms with E-state index in [9.17, 15) is 4.79 Å². The van der Waals surface area contributed by atoms with E-state index in [-0.39, 0.29) is 5.91 Å². The maximum atomic E-state index is 12.5. The van der Waals surface area contributed by atoms with E-state index in [4.69, 9.17) is 0 Å². The van der Waals surface area contributed by atoms with Crippen LogP contribution in [0.3, 0.4) is 0 Å². The van der Waals surface area contributed by atoms with Crippen LogP contribution in [0.1, 0.15) is 54.6 Å². The van der Waals surface area contributed by atoms with Gasteiger partial charge in [-0.1, -0.05) is 56.0 Å². The monoisotopic (exact) mass is 338 g/mol. The van der Waals surface area contributed by atoms with E-state index in [1.54, 1.807) is 24.3 Å². The average molecular weight is 338 g/mol. The molecule has 132 valence electrons. The first-order chi connectivity index (χ1) is 12.2. The molecule has 1 heterocycles. The largest absolute Gasteiger partial charge is 0.366 e. The highest BCUT2D eigenvalue weighted by molar-refractivity contribution is 5.91. The third-order valence-corrected chi connectivity index (χ3v) is 4.69. The Morgan fingerprint density at radius 1 is 1.08 bits per heavy atom. The summed E-state index contributed by atoms with van der Waals surface area (Å²) in [5.41, 5.74) is 1.47. The van der Waals surface area contributed by atoms with Crippen molar-refractivity contribution in [3.63, 3.8) is 0 Å². The van der Waals surface area contributed by atoms with Crippen LogP contribution in [0.15, 0.2) is 42.7 Å². The predicted molar refractivity (Wildman–Crippen MR) is 99.4 cm³/mol. The van der Waals surface area contributed by atoms with Crippen LogP contribution in [0.2, 0.25) is 0 Å². The van der Waals surface area contributed by atoms with Gasteiger partial charge >= 0.3 is 0 Å². The summed E-state index contributed by atoms with van der Waals surface area (Å²) < 4.78 is 0. The molecule has 3 rings (SSSR count). The summed E-state index contributed by atoms with van der Waals surface area (Å²) >= 11 is 0. The highest BCUT2D eigenvalue weighted by Crippen LogP contribution is 2.20. The Hall–Kier alpha value is -2.43. The Morgan fingerprint density at radius 2 is 1.80 bits per heavy atom. The Morgan fingerprint density at radius 3 is 2.44 bits per heavy atom. The zero-order chi connectivity index (χ0) is 17.5. The van der Waals surface area contributed by atoms with Crippen molar-refractivity contribution in [1.82, 2.24) is 14.9 Å². The van der Waals surface area contributed by atoms with E-state index < -0.39 is 0 Å². The van der Waals surface area contributed by atoms with Crippen LogP contribution in [-0.4, -0.2) is 33.9 Å². The van der Waals surface area contributed by atoms with Crippen LogP contribution < -0.4 is 5.32 Å². The van der Waals surface area contributed by atoms with Crippen LogP contribution in [0.4, 0.5) is 5.82 Å². The molecule has 2 aromatic rings. The number of amides is 1. The van der Waals surface area contributed by atoms with Crippen LogP contribution >= 0.6 is 0 Å². The zero-order valence-electron chi connectivity index (χ0n) is 14.8. The van der Waals surface area contributed by atoms with Gasteiger partial charge in [-0.15, -0.1) is 0 Å². The summed E-state index contributed by atoms with van der Waals surface area (Å²) in [6.07, 6.45) is 10.8. The third-order valence-electron chi connectivity index (χ3n) is 4.69. The van der Waals surface area contributed by atoms with Crippen molar-refractivity contribution < 1.29 is 4.79 Å². The maximum absolute atomic E-state index is 12.5. The first-order valence-electron chi connectivity index (χ1n) is 9.10. The quantitative estimate of drug-likeness (QED) is 0.841. The third kappa shape index (κ3) is 5.02. The maximum Gasteiger partial charge on any atom is 0.274 e. The summed E-state index contributed by atoms with van der Waals surface area (Å²) in [6.45, 7) is 0.559. The molecule has 1 amide bonds. The molecular weight excluding hydrogens is 312 g/mol. The summed E-state index contributed by atoms with van der Waals surface area (Å²) in [6, 6.07) is 10.4. The van der Waals surface area contributed by atoms with Gasteiger partial charge in [0.1, 0.15) is 11.5 Å². The Kier molecular flexibility index (Phi) is 5.99. The molecule has 1 aliphatic rings. The molecular formula is C20H26N4O. The minimum absolute atomic E-state index is 0.114. The van der Waals surface area contributed by atoms with Crippen molar-refractivity contribution in [3.05, 3.63) is 54.0 Å². The van der Waals surface area contributed by atoms with Gasteiger partial charge in [0.25, 0.3) is 5.91 Å². The van der Waals surface area contributed by atoms with Crippen molar-refractivity contribution in [2.45, 2.75) is 51.1 Å². The number of aromatic nitrogens is 2. The lowest BCUT2D eigenvalue weighted by Gasteiger charge is -2.18. The number of carbonyl (C=O) groups excluding carboxylic acids is 1. The van der Waals surface area contributed by atoms with Crippen molar-refractivity contribution in [2.24, 2.45) is 0 Å². The molecule has 0 spiro atoms. The fourth-order valence-electron chi connectivity index (χ4n) is 3.27. The molecule has 0 bridgehead atoms. The summed E-state index contributed by atoms with van der Waals surface area (Å²) in [7, 11) is 1.79. The predicted octanol–water partition coefficient (Wildman–Crippen LogP) is 3.88. The first-order valence-corrected chi connectivity index (χ1v) is 9.10. The summed E-state index contributed by atoms with van der Waals surface area (Å²) in [4.78, 5) is 22.9. The minimum Gasteiger partial charge on any atom is -0.366 e. The lowest BCUT2D eigenvalue weighted by atomic mass is 10.1. The molecule has 25 heavy (non-hydrogen) atoms. The number of benzene rings is 1. The molecule has 1 fully saturated rings. The van der Waals surface area contributed by atoms with Crippen LogP contribution in [-0.2, 0) is 6.54 Å². The Balaban J connectivity index is 1.58. The molecule has 0 atom stereocenters. The molecule has 0 aliphatic heterocycles. The molecule has 1 saturated carbocycles. The lowest BCUT2D eigenvalue weighted by Crippen LogP contribution is -2.27. The van der Waals surface area contributed by atoms with Crippen molar-refractivity contribution in [3.8, 4) is 0 Å². The molecule has 0 unspecified atom stereocenters. The van der Waals surface area contributed by atoms with E-state index in [1.165, 1.54) is 38.5 Å². The number of nitrogens with zero attached hydrogens (tertiary/aromatic N) is 3. The van der Waals surface area contributed by atoms with Crippen LogP contribution in [0.25, 0.3) is 0 Å². The highest BCUT2D eigenvalue weighted by atomic mass is 16.2. The van der Waals surface area contributed by atoms with Gasteiger partial charge in [0, 0.05) is 19.6 Å². The van der Waals surface area contributed by atoms with Crippen LogP contribution in [0, 0.1) is 0 Å². The normalized spacial score (nSPS) is 15.4. The number of rotatable bonds is 5. The average Bonchev–Trinajstić information content (AvgIpc) is 2.91. The van der Waals surface area contributed by atoms with Gasteiger partial charge in [0.05, 0.1) is 12.4 Å². The second-order valence-corrected chi connectivity index (χ2v) is 6.77.